The van der Waals surface area contributed by atoms with Crippen molar-refractivity contribution in [3.8, 4) is 50.2 Å². The molecule has 0 aliphatic rings. The average Bonchev–Trinajstić information content (AvgIpc) is 3.81. The van der Waals surface area contributed by atoms with E-state index < -0.39 is 0 Å². The second-order valence-electron chi connectivity index (χ2n) is 14.6. The number of nitrogens with one attached hydrogen (secondary N) is 1. The molecule has 9 aromatic carbocycles. The number of rotatable bonds is 7. The Labute approximate surface area is 335 Å². The fourth-order valence-electron chi connectivity index (χ4n) is 8.40. The third-order valence-electron chi connectivity index (χ3n) is 11.2. The Morgan fingerprint density at radius 2 is 0.930 bits per heavy atom. The third-order valence-corrected chi connectivity index (χ3v) is 12.3. The summed E-state index contributed by atoms with van der Waals surface area (Å²) >= 11 is 1.87. The van der Waals surface area contributed by atoms with Crippen LogP contribution in [-0.2, 0) is 0 Å². The number of hydrogen-bond donors (Lipinski definition) is 1. The summed E-state index contributed by atoms with van der Waals surface area (Å²) in [7, 11) is 0. The van der Waals surface area contributed by atoms with E-state index in [0.29, 0.717) is 0 Å². The van der Waals surface area contributed by atoms with E-state index in [-0.39, 0.29) is 0 Å². The van der Waals surface area contributed by atoms with E-state index in [1.165, 1.54) is 80.9 Å². The average molecular weight is 745 g/mol. The molecule has 0 saturated carbocycles. The predicted molar refractivity (Wildman–Crippen MR) is 245 cm³/mol. The van der Waals surface area contributed by atoms with E-state index in [0.717, 1.165) is 22.6 Å². The molecular formula is C54H36N2S. The Bertz CT molecular complexity index is 3250. The zero-order valence-electron chi connectivity index (χ0n) is 31.1. The van der Waals surface area contributed by atoms with E-state index in [1.807, 2.05) is 11.3 Å². The molecule has 0 fully saturated rings. The highest BCUT2D eigenvalue weighted by atomic mass is 32.1. The topological polar surface area (TPSA) is 17.0 Å². The highest BCUT2D eigenvalue weighted by molar-refractivity contribution is 7.25. The van der Waals surface area contributed by atoms with Crippen LogP contribution >= 0.6 is 11.3 Å². The zero-order valence-corrected chi connectivity index (χ0v) is 31.9. The number of anilines is 2. The summed E-state index contributed by atoms with van der Waals surface area (Å²) in [6, 6.07) is 76.9. The van der Waals surface area contributed by atoms with Crippen LogP contribution < -0.4 is 5.32 Å². The lowest BCUT2D eigenvalue weighted by Crippen LogP contribution is -1.94. The van der Waals surface area contributed by atoms with Crippen molar-refractivity contribution in [1.82, 2.24) is 4.57 Å². The Morgan fingerprint density at radius 3 is 1.75 bits per heavy atom. The molecule has 2 aromatic heterocycles. The molecular weight excluding hydrogens is 709 g/mol. The van der Waals surface area contributed by atoms with Crippen LogP contribution in [0.4, 0.5) is 11.4 Å². The normalized spacial score (nSPS) is 11.5. The second-order valence-corrected chi connectivity index (χ2v) is 15.7. The Hall–Kier alpha value is -7.20. The van der Waals surface area contributed by atoms with Crippen molar-refractivity contribution in [2.45, 2.75) is 0 Å². The minimum atomic E-state index is 1.06. The van der Waals surface area contributed by atoms with Crippen LogP contribution in [0.15, 0.2) is 212 Å². The van der Waals surface area contributed by atoms with Gasteiger partial charge in [-0.05, 0) is 106 Å². The van der Waals surface area contributed by atoms with E-state index in [4.69, 9.17) is 0 Å². The molecule has 0 aliphatic carbocycles. The van der Waals surface area contributed by atoms with Gasteiger partial charge in [0.2, 0.25) is 0 Å². The Kier molecular flexibility index (Phi) is 8.04. The van der Waals surface area contributed by atoms with Crippen LogP contribution in [-0.4, -0.2) is 4.57 Å². The molecule has 0 spiro atoms. The maximum Gasteiger partial charge on any atom is 0.0555 e. The number of nitrogens with zero attached hydrogens (tertiary/aromatic N) is 1. The van der Waals surface area contributed by atoms with Gasteiger partial charge in [-0.25, -0.2) is 0 Å². The third kappa shape index (κ3) is 5.97. The number of thiophene rings is 1. The van der Waals surface area contributed by atoms with Crippen molar-refractivity contribution in [3.05, 3.63) is 212 Å². The van der Waals surface area contributed by atoms with Crippen LogP contribution in [0.3, 0.4) is 0 Å². The van der Waals surface area contributed by atoms with Gasteiger partial charge in [-0.15, -0.1) is 11.3 Å². The monoisotopic (exact) mass is 744 g/mol. The Balaban J connectivity index is 1.02. The molecule has 3 heteroatoms. The van der Waals surface area contributed by atoms with Gasteiger partial charge < -0.3 is 9.88 Å². The largest absolute Gasteiger partial charge is 0.355 e. The van der Waals surface area contributed by atoms with Gasteiger partial charge in [-0.3, -0.25) is 0 Å². The highest BCUT2D eigenvalue weighted by Crippen LogP contribution is 2.42. The molecule has 57 heavy (non-hydrogen) atoms. The first-order valence-corrected chi connectivity index (χ1v) is 20.2. The quantitative estimate of drug-likeness (QED) is 0.172. The van der Waals surface area contributed by atoms with Gasteiger partial charge >= 0.3 is 0 Å². The summed E-state index contributed by atoms with van der Waals surface area (Å²) in [5.74, 6) is 0. The first-order chi connectivity index (χ1) is 28.2. The van der Waals surface area contributed by atoms with E-state index >= 15 is 0 Å². The minimum Gasteiger partial charge on any atom is -0.355 e. The molecule has 0 aliphatic heterocycles. The van der Waals surface area contributed by atoms with Crippen molar-refractivity contribution in [3.63, 3.8) is 0 Å². The summed E-state index contributed by atoms with van der Waals surface area (Å²) in [4.78, 5) is 0. The van der Waals surface area contributed by atoms with Gasteiger partial charge in [0.1, 0.15) is 0 Å². The van der Waals surface area contributed by atoms with Crippen molar-refractivity contribution in [2.75, 3.05) is 5.32 Å². The molecule has 2 heterocycles. The minimum absolute atomic E-state index is 1.06. The number of aromatic nitrogens is 1. The molecule has 11 aromatic rings. The maximum absolute atomic E-state index is 3.74. The van der Waals surface area contributed by atoms with Crippen molar-refractivity contribution in [2.24, 2.45) is 0 Å². The molecule has 0 amide bonds. The first kappa shape index (κ1) is 33.2. The van der Waals surface area contributed by atoms with Gasteiger partial charge in [0.25, 0.3) is 0 Å². The predicted octanol–water partition coefficient (Wildman–Crippen LogP) is 15.6. The molecule has 0 unspecified atom stereocenters. The molecule has 2 nitrogen and oxygen atoms in total. The second kappa shape index (κ2) is 13.8. The van der Waals surface area contributed by atoms with Gasteiger partial charge in [-0.1, -0.05) is 146 Å². The van der Waals surface area contributed by atoms with Crippen molar-refractivity contribution < 1.29 is 0 Å². The first-order valence-electron chi connectivity index (χ1n) is 19.4. The fourth-order valence-corrected chi connectivity index (χ4v) is 9.52. The van der Waals surface area contributed by atoms with Crippen molar-refractivity contribution >= 4 is 64.7 Å². The zero-order chi connectivity index (χ0) is 37.7. The van der Waals surface area contributed by atoms with Gasteiger partial charge in [0.15, 0.2) is 0 Å². The number of hydrogen-bond acceptors (Lipinski definition) is 2. The van der Waals surface area contributed by atoms with Gasteiger partial charge in [0.05, 0.1) is 11.0 Å². The molecule has 1 N–H and O–H groups in total. The van der Waals surface area contributed by atoms with E-state index in [9.17, 15) is 0 Å². The summed E-state index contributed by atoms with van der Waals surface area (Å²) in [6.45, 7) is 0. The lowest BCUT2D eigenvalue weighted by Gasteiger charge is -2.14. The summed E-state index contributed by atoms with van der Waals surface area (Å²) < 4.78 is 5.07. The van der Waals surface area contributed by atoms with Crippen molar-refractivity contribution in [1.29, 1.82) is 0 Å². The molecule has 0 saturated heterocycles. The van der Waals surface area contributed by atoms with E-state index in [2.05, 4.69) is 222 Å². The smallest absolute Gasteiger partial charge is 0.0555 e. The van der Waals surface area contributed by atoms with Crippen LogP contribution in [0.25, 0.3) is 92.2 Å². The molecule has 0 atom stereocenters. The van der Waals surface area contributed by atoms with Crippen LogP contribution in [0.2, 0.25) is 0 Å². The van der Waals surface area contributed by atoms with Crippen LogP contribution in [0.5, 0.6) is 0 Å². The van der Waals surface area contributed by atoms with E-state index in [1.54, 1.807) is 0 Å². The number of benzene rings is 9. The van der Waals surface area contributed by atoms with Crippen LogP contribution in [0, 0.1) is 0 Å². The molecule has 268 valence electrons. The Morgan fingerprint density at radius 1 is 0.333 bits per heavy atom. The molecule has 0 bridgehead atoms. The maximum atomic E-state index is 3.74. The summed E-state index contributed by atoms with van der Waals surface area (Å²) in [5.41, 5.74) is 15.2. The summed E-state index contributed by atoms with van der Waals surface area (Å²) in [6.07, 6.45) is 0. The number of para-hydroxylation sites is 1. The van der Waals surface area contributed by atoms with Gasteiger partial charge in [0, 0.05) is 53.6 Å². The summed E-state index contributed by atoms with van der Waals surface area (Å²) in [5, 5.41) is 8.88. The number of fused-ring (bicyclic) bond motifs is 6. The van der Waals surface area contributed by atoms with Gasteiger partial charge in [-0.2, -0.15) is 0 Å². The lowest BCUT2D eigenvalue weighted by molar-refractivity contribution is 1.18. The van der Waals surface area contributed by atoms with Crippen LogP contribution in [0.1, 0.15) is 0 Å². The molecule has 0 radical (unpaired) electrons. The standard InChI is InChI=1S/C54H36N2S/c1-3-13-36(14-4-1)38-25-28-44(29-26-38)56-51-30-27-41(33-47(51)48-34-49-46-22-8-10-24-53(46)57-54(49)35-52(48)56)39-17-11-19-42(31-39)45-21-7-9-23-50(45)55-43-20-12-18-40(32-43)37-15-5-2-6-16-37/h1-35,55H. The highest BCUT2D eigenvalue weighted by Gasteiger charge is 2.17. The fraction of sp³-hybridized carbons (Fsp3) is 0. The SMILES string of the molecule is c1ccc(-c2ccc(-n3c4ccc(-c5cccc(-c6ccccc6Nc6cccc(-c7ccccc7)c6)c5)cc4c4cc5c(cc43)sc3ccccc35)cc2)cc1. The lowest BCUT2D eigenvalue weighted by atomic mass is 9.96. The molecule has 11 rings (SSSR count).